The van der Waals surface area contributed by atoms with Crippen molar-refractivity contribution in [1.82, 2.24) is 24.1 Å². The van der Waals surface area contributed by atoms with Crippen LogP contribution in [0.15, 0.2) is 6.20 Å². The van der Waals surface area contributed by atoms with Gasteiger partial charge in [-0.1, -0.05) is 0 Å². The van der Waals surface area contributed by atoms with Crippen LogP contribution in [0.25, 0.3) is 0 Å². The summed E-state index contributed by atoms with van der Waals surface area (Å²) >= 11 is 0. The smallest absolute Gasteiger partial charge is 0.280 e. The summed E-state index contributed by atoms with van der Waals surface area (Å²) in [5, 5.41) is 7.41. The minimum absolute atomic E-state index is 0.176. The van der Waals surface area contributed by atoms with E-state index in [-0.39, 0.29) is 11.3 Å². The predicted octanol–water partition coefficient (Wildman–Crippen LogP) is 1.64. The van der Waals surface area contributed by atoms with Gasteiger partial charge in [-0.3, -0.25) is 9.48 Å². The van der Waals surface area contributed by atoms with Crippen LogP contribution >= 0.6 is 0 Å². The van der Waals surface area contributed by atoms with E-state index in [0.717, 1.165) is 29.0 Å². The molecule has 8 nitrogen and oxygen atoms in total. The number of amides is 1. The number of hydrogen-bond acceptors (Lipinski definition) is 4. The third-order valence-electron chi connectivity index (χ3n) is 8.32. The number of carbonyl (C=O) groups excluding carboxylic acids is 1. The third kappa shape index (κ3) is 3.39. The van der Waals surface area contributed by atoms with Crippen molar-refractivity contribution in [1.29, 1.82) is 0 Å². The van der Waals surface area contributed by atoms with E-state index in [0.29, 0.717) is 13.0 Å². The lowest BCUT2D eigenvalue weighted by Gasteiger charge is -2.57. The van der Waals surface area contributed by atoms with E-state index < -0.39 is 22.3 Å². The number of hydrogen-bond donors (Lipinski definition) is 2. The quantitative estimate of drug-likeness (QED) is 0.751. The summed E-state index contributed by atoms with van der Waals surface area (Å²) in [6, 6.07) is -1.16. The second-order valence-electron chi connectivity index (χ2n) is 10.4. The number of carbonyl (C=O) groups is 1. The monoisotopic (exact) mass is 435 g/mol. The highest BCUT2D eigenvalue weighted by atomic mass is 32.2. The maximum atomic E-state index is 13.2. The van der Waals surface area contributed by atoms with Crippen molar-refractivity contribution in [2.75, 3.05) is 13.6 Å². The van der Waals surface area contributed by atoms with Gasteiger partial charge in [0.1, 0.15) is 6.04 Å². The van der Waals surface area contributed by atoms with Crippen molar-refractivity contribution in [2.24, 2.45) is 30.2 Å². The average molecular weight is 436 g/mol. The van der Waals surface area contributed by atoms with Gasteiger partial charge in [0.2, 0.25) is 5.91 Å². The zero-order valence-corrected chi connectivity index (χ0v) is 18.9. The molecule has 1 aromatic heterocycles. The summed E-state index contributed by atoms with van der Waals surface area (Å²) in [5.41, 5.74) is 1.96. The molecule has 0 spiro atoms. The van der Waals surface area contributed by atoms with Crippen LogP contribution < -0.4 is 10.0 Å². The lowest BCUT2D eigenvalue weighted by molar-refractivity contribution is -0.127. The van der Waals surface area contributed by atoms with Crippen molar-refractivity contribution in [2.45, 2.75) is 64.0 Å². The van der Waals surface area contributed by atoms with E-state index >= 15 is 0 Å². The molecule has 1 aliphatic heterocycles. The van der Waals surface area contributed by atoms with Crippen LogP contribution in [0.3, 0.4) is 0 Å². The molecule has 30 heavy (non-hydrogen) atoms. The van der Waals surface area contributed by atoms with E-state index in [1.807, 2.05) is 14.0 Å². The Balaban J connectivity index is 1.31. The molecule has 9 heteroatoms. The molecule has 2 atom stereocenters. The van der Waals surface area contributed by atoms with Crippen LogP contribution in [-0.2, 0) is 22.1 Å². The lowest BCUT2D eigenvalue weighted by atomic mass is 9.49. The average Bonchev–Trinajstić information content (AvgIpc) is 3.00. The fourth-order valence-electron chi connectivity index (χ4n) is 7.07. The van der Waals surface area contributed by atoms with Gasteiger partial charge in [-0.25, -0.2) is 0 Å². The Bertz CT molecular complexity index is 921. The molecule has 5 aliphatic rings. The second kappa shape index (κ2) is 7.03. The van der Waals surface area contributed by atoms with Crippen molar-refractivity contribution < 1.29 is 13.2 Å². The van der Waals surface area contributed by atoms with E-state index in [2.05, 4.69) is 15.1 Å². The fraction of sp³-hybridized carbons (Fsp3) is 0.810. The highest BCUT2D eigenvalue weighted by molar-refractivity contribution is 7.87. The van der Waals surface area contributed by atoms with Crippen LogP contribution in [0.4, 0.5) is 0 Å². The first-order valence-electron chi connectivity index (χ1n) is 11.2. The van der Waals surface area contributed by atoms with Crippen LogP contribution in [0.2, 0.25) is 0 Å². The molecule has 2 N–H and O–H groups in total. The van der Waals surface area contributed by atoms with Gasteiger partial charge in [0, 0.05) is 31.9 Å². The predicted molar refractivity (Wildman–Crippen MR) is 113 cm³/mol. The third-order valence-corrected chi connectivity index (χ3v) is 9.92. The minimum atomic E-state index is -3.74. The standard InChI is InChI=1S/C21H33N5O3S/c1-13-17(11-23-25(13)2)18-7-19(26(3)30(28,29)24-18)20(27)22-12-21-8-14-4-15(9-21)6-16(5-14)10-21/h11,14-16,18-19,24H,4-10,12H2,1-3H3,(H,22,27). The van der Waals surface area contributed by atoms with Gasteiger partial charge < -0.3 is 5.32 Å². The molecule has 166 valence electrons. The molecule has 1 amide bonds. The topological polar surface area (TPSA) is 96.3 Å². The Kier molecular flexibility index (Phi) is 4.79. The van der Waals surface area contributed by atoms with E-state index in [4.69, 9.17) is 0 Å². The molecule has 0 radical (unpaired) electrons. The normalized spacial score (nSPS) is 39.9. The minimum Gasteiger partial charge on any atom is -0.354 e. The largest absolute Gasteiger partial charge is 0.354 e. The summed E-state index contributed by atoms with van der Waals surface area (Å²) in [6.45, 7) is 2.60. The molecule has 1 aromatic rings. The summed E-state index contributed by atoms with van der Waals surface area (Å²) in [6.07, 6.45) is 9.86. The highest BCUT2D eigenvalue weighted by Gasteiger charge is 2.51. The van der Waals surface area contributed by atoms with Crippen molar-refractivity contribution in [3.05, 3.63) is 17.5 Å². The number of likely N-dealkylation sites (N-methyl/N-ethyl adjacent to an activating group) is 1. The van der Waals surface area contributed by atoms with Crippen LogP contribution in [0.1, 0.15) is 62.2 Å². The summed E-state index contributed by atoms with van der Waals surface area (Å²) in [7, 11) is -0.417. The Morgan fingerprint density at radius 3 is 2.30 bits per heavy atom. The zero-order chi connectivity index (χ0) is 21.3. The molecule has 6 rings (SSSR count). The van der Waals surface area contributed by atoms with E-state index in [1.165, 1.54) is 49.9 Å². The molecular weight excluding hydrogens is 402 g/mol. The maximum Gasteiger partial charge on any atom is 0.280 e. The Hall–Kier alpha value is -1.45. The van der Waals surface area contributed by atoms with Crippen LogP contribution in [-0.4, -0.2) is 48.0 Å². The van der Waals surface area contributed by atoms with Crippen molar-refractivity contribution in [3.63, 3.8) is 0 Å². The van der Waals surface area contributed by atoms with Crippen molar-refractivity contribution in [3.8, 4) is 0 Å². The molecule has 2 unspecified atom stereocenters. The molecular formula is C21H33N5O3S. The van der Waals surface area contributed by atoms with Crippen LogP contribution in [0, 0.1) is 30.1 Å². The second-order valence-corrected chi connectivity index (χ2v) is 12.1. The van der Waals surface area contributed by atoms with Gasteiger partial charge in [-0.15, -0.1) is 0 Å². The first kappa shape index (κ1) is 20.5. The van der Waals surface area contributed by atoms with E-state index in [1.54, 1.807) is 10.9 Å². The van der Waals surface area contributed by atoms with Crippen molar-refractivity contribution >= 4 is 16.1 Å². The zero-order valence-electron chi connectivity index (χ0n) is 18.1. The molecule has 1 saturated heterocycles. The summed E-state index contributed by atoms with van der Waals surface area (Å²) < 4.78 is 31.1. The maximum absolute atomic E-state index is 13.2. The van der Waals surface area contributed by atoms with Gasteiger partial charge in [-0.05, 0) is 75.0 Å². The first-order valence-corrected chi connectivity index (χ1v) is 12.6. The van der Waals surface area contributed by atoms with Gasteiger partial charge >= 0.3 is 0 Å². The number of aromatic nitrogens is 2. The fourth-order valence-corrected chi connectivity index (χ4v) is 8.34. The first-order chi connectivity index (χ1) is 14.2. The number of nitrogens with zero attached hydrogens (tertiary/aromatic N) is 3. The van der Waals surface area contributed by atoms with Gasteiger partial charge in [0.05, 0.1) is 12.2 Å². The highest BCUT2D eigenvalue weighted by Crippen LogP contribution is 2.59. The number of rotatable bonds is 4. The van der Waals surface area contributed by atoms with E-state index in [9.17, 15) is 13.2 Å². The molecule has 4 bridgehead atoms. The summed E-state index contributed by atoms with van der Waals surface area (Å²) in [4.78, 5) is 13.2. The number of aryl methyl sites for hydroxylation is 1. The van der Waals surface area contributed by atoms with Gasteiger partial charge in [-0.2, -0.15) is 22.5 Å². The number of nitrogens with one attached hydrogen (secondary N) is 2. The molecule has 4 saturated carbocycles. The molecule has 5 fully saturated rings. The van der Waals surface area contributed by atoms with Gasteiger partial charge in [0.15, 0.2) is 0 Å². The Morgan fingerprint density at radius 1 is 1.17 bits per heavy atom. The molecule has 4 aliphatic carbocycles. The summed E-state index contributed by atoms with van der Waals surface area (Å²) in [5.74, 6) is 2.30. The Morgan fingerprint density at radius 2 is 1.77 bits per heavy atom. The van der Waals surface area contributed by atoms with Gasteiger partial charge in [0.25, 0.3) is 10.2 Å². The van der Waals surface area contributed by atoms with Crippen LogP contribution in [0.5, 0.6) is 0 Å². The Labute approximate surface area is 179 Å². The molecule has 2 heterocycles. The SMILES string of the molecule is Cc1c(C2CC(C(=O)NCC34CC5CC(CC(C5)C3)C4)N(C)S(=O)(=O)N2)cnn1C. The lowest BCUT2D eigenvalue weighted by Crippen LogP contribution is -2.59. The molecule has 0 aromatic carbocycles.